The molecule has 3 aliphatic rings. The van der Waals surface area contributed by atoms with Gasteiger partial charge in [-0.15, -0.1) is 0 Å². The van der Waals surface area contributed by atoms with Crippen molar-refractivity contribution in [2.45, 2.75) is 11.8 Å². The van der Waals surface area contributed by atoms with Crippen LogP contribution in [0.3, 0.4) is 0 Å². The molecule has 0 radical (unpaired) electrons. The Morgan fingerprint density at radius 1 is 1.14 bits per heavy atom. The maximum Gasteiger partial charge on any atom is 0.215 e. The molecule has 3 fully saturated rings. The molecule has 0 saturated carbocycles. The van der Waals surface area contributed by atoms with Gasteiger partial charge >= 0.3 is 0 Å². The van der Waals surface area contributed by atoms with Gasteiger partial charge in [-0.1, -0.05) is 23.7 Å². The fraction of sp³-hybridized carbons (Fsp3) is 0.571. The minimum atomic E-state index is -3.30. The predicted molar refractivity (Wildman–Crippen MR) is 83.9 cm³/mol. The number of benzene rings is 1. The highest BCUT2D eigenvalue weighted by atomic mass is 35.5. The van der Waals surface area contributed by atoms with Crippen molar-refractivity contribution in [3.63, 3.8) is 0 Å². The molecule has 3 heterocycles. The number of nitrogens with one attached hydrogen (secondary N) is 1. The summed E-state index contributed by atoms with van der Waals surface area (Å²) < 4.78 is 27.1. The van der Waals surface area contributed by atoms with Gasteiger partial charge < -0.3 is 0 Å². The minimum absolute atomic E-state index is 0.000598. The lowest BCUT2D eigenvalue weighted by molar-refractivity contribution is 0.0158. The van der Waals surface area contributed by atoms with Crippen LogP contribution in [0.2, 0.25) is 5.02 Å². The van der Waals surface area contributed by atoms with Crippen LogP contribution >= 0.6 is 11.6 Å². The summed E-state index contributed by atoms with van der Waals surface area (Å²) in [6, 6.07) is 7.22. The average molecular weight is 330 g/mol. The molecular formula is C14H20ClN3O2S. The van der Waals surface area contributed by atoms with E-state index >= 15 is 0 Å². The van der Waals surface area contributed by atoms with Gasteiger partial charge in [-0.3, -0.25) is 9.80 Å². The summed E-state index contributed by atoms with van der Waals surface area (Å²) >= 11 is 5.81. The van der Waals surface area contributed by atoms with E-state index < -0.39 is 10.0 Å². The van der Waals surface area contributed by atoms with Crippen LogP contribution in [0.5, 0.6) is 0 Å². The molecule has 2 bridgehead atoms. The Kier molecular flexibility index (Phi) is 4.51. The van der Waals surface area contributed by atoms with Crippen molar-refractivity contribution < 1.29 is 8.42 Å². The zero-order chi connectivity index (χ0) is 14.9. The summed E-state index contributed by atoms with van der Waals surface area (Å²) in [6.07, 6.45) is 0. The maximum absolute atomic E-state index is 12.2. The topological polar surface area (TPSA) is 52.7 Å². The molecule has 0 spiro atoms. The van der Waals surface area contributed by atoms with Crippen LogP contribution in [-0.2, 0) is 15.8 Å². The quantitative estimate of drug-likeness (QED) is 0.866. The largest absolute Gasteiger partial charge is 0.299 e. The molecule has 1 unspecified atom stereocenters. The molecular weight excluding hydrogens is 310 g/mol. The van der Waals surface area contributed by atoms with Gasteiger partial charge in [-0.2, -0.15) is 0 Å². The Balaban J connectivity index is 1.55. The van der Waals surface area contributed by atoms with Crippen LogP contribution in [-0.4, -0.2) is 63.5 Å². The van der Waals surface area contributed by atoms with E-state index in [0.717, 1.165) is 38.3 Å². The van der Waals surface area contributed by atoms with E-state index in [0.29, 0.717) is 17.6 Å². The number of rotatable bonds is 5. The zero-order valence-electron chi connectivity index (χ0n) is 11.8. The first-order valence-electron chi connectivity index (χ1n) is 7.20. The van der Waals surface area contributed by atoms with Gasteiger partial charge in [0, 0.05) is 50.3 Å². The lowest BCUT2D eigenvalue weighted by Gasteiger charge is -2.47. The average Bonchev–Trinajstić information content (AvgIpc) is 2.49. The van der Waals surface area contributed by atoms with Crippen LogP contribution in [0, 0.1) is 0 Å². The summed E-state index contributed by atoms with van der Waals surface area (Å²) in [5.41, 5.74) is 0.751. The number of piperazine rings is 3. The lowest BCUT2D eigenvalue weighted by atomic mass is 10.1. The number of fused-ring (bicyclic) bond motifs is 3. The minimum Gasteiger partial charge on any atom is -0.299 e. The molecule has 7 heteroatoms. The summed E-state index contributed by atoms with van der Waals surface area (Å²) in [4.78, 5) is 4.78. The van der Waals surface area contributed by atoms with Crippen molar-refractivity contribution in [3.05, 3.63) is 34.9 Å². The van der Waals surface area contributed by atoms with Crippen molar-refractivity contribution in [1.29, 1.82) is 0 Å². The smallest absolute Gasteiger partial charge is 0.215 e. The molecule has 1 N–H and O–H groups in total. The standard InChI is InChI=1S/C14H20ClN3O2S/c15-13-3-1-12(2-4-13)11-21(19,20)16-9-14-10-17-5-7-18(14)8-6-17/h1-4,14,16H,5-11H2. The molecule has 3 aliphatic heterocycles. The highest BCUT2D eigenvalue weighted by molar-refractivity contribution is 7.88. The molecule has 5 nitrogen and oxygen atoms in total. The third-order valence-electron chi connectivity index (χ3n) is 4.20. The number of hydrogen-bond donors (Lipinski definition) is 1. The number of hydrogen-bond acceptors (Lipinski definition) is 4. The Morgan fingerprint density at radius 3 is 2.38 bits per heavy atom. The Bertz CT molecular complexity index is 583. The third kappa shape index (κ3) is 3.96. The van der Waals surface area contributed by atoms with Crippen molar-refractivity contribution in [2.24, 2.45) is 0 Å². The Hall–Kier alpha value is -0.660. The second kappa shape index (κ2) is 6.22. The summed E-state index contributed by atoms with van der Waals surface area (Å²) in [5.74, 6) is 0.000598. The van der Waals surface area contributed by atoms with Crippen LogP contribution in [0.4, 0.5) is 0 Å². The SMILES string of the molecule is O=S(=O)(Cc1ccc(Cl)cc1)NCC1CN2CCN1CC2. The highest BCUT2D eigenvalue weighted by Crippen LogP contribution is 2.16. The van der Waals surface area contributed by atoms with Crippen LogP contribution < -0.4 is 4.72 Å². The zero-order valence-corrected chi connectivity index (χ0v) is 13.4. The molecule has 116 valence electrons. The summed E-state index contributed by atoms with van der Waals surface area (Å²) in [7, 11) is -3.30. The molecule has 0 amide bonds. The first kappa shape index (κ1) is 15.2. The van der Waals surface area contributed by atoms with Gasteiger partial charge in [0.25, 0.3) is 0 Å². The highest BCUT2D eigenvalue weighted by Gasteiger charge is 2.32. The monoisotopic (exact) mass is 329 g/mol. The van der Waals surface area contributed by atoms with E-state index in [1.165, 1.54) is 0 Å². The third-order valence-corrected chi connectivity index (χ3v) is 5.77. The van der Waals surface area contributed by atoms with Crippen LogP contribution in [0.15, 0.2) is 24.3 Å². The van der Waals surface area contributed by atoms with E-state index in [1.54, 1.807) is 24.3 Å². The van der Waals surface area contributed by atoms with Gasteiger partial charge in [-0.25, -0.2) is 13.1 Å². The van der Waals surface area contributed by atoms with Gasteiger partial charge in [0.1, 0.15) is 0 Å². The normalized spacial score (nSPS) is 28.7. The Morgan fingerprint density at radius 2 is 1.81 bits per heavy atom. The van der Waals surface area contributed by atoms with E-state index in [4.69, 9.17) is 11.6 Å². The Labute approximate surface area is 130 Å². The predicted octanol–water partition coefficient (Wildman–Crippen LogP) is 0.759. The fourth-order valence-electron chi connectivity index (χ4n) is 2.99. The van der Waals surface area contributed by atoms with E-state index in [2.05, 4.69) is 14.5 Å². The second-order valence-electron chi connectivity index (χ2n) is 5.72. The van der Waals surface area contributed by atoms with Gasteiger partial charge in [0.2, 0.25) is 10.0 Å². The van der Waals surface area contributed by atoms with E-state index in [1.807, 2.05) is 0 Å². The summed E-state index contributed by atoms with van der Waals surface area (Å²) in [5, 5.41) is 0.615. The molecule has 1 aromatic carbocycles. The first-order chi connectivity index (χ1) is 10.0. The van der Waals surface area contributed by atoms with Crippen LogP contribution in [0.25, 0.3) is 0 Å². The van der Waals surface area contributed by atoms with Gasteiger partial charge in [0.05, 0.1) is 5.75 Å². The van der Waals surface area contributed by atoms with Crippen molar-refractivity contribution >= 4 is 21.6 Å². The molecule has 3 saturated heterocycles. The molecule has 21 heavy (non-hydrogen) atoms. The van der Waals surface area contributed by atoms with Crippen molar-refractivity contribution in [3.8, 4) is 0 Å². The lowest BCUT2D eigenvalue weighted by Crippen LogP contribution is -2.63. The van der Waals surface area contributed by atoms with E-state index in [9.17, 15) is 8.42 Å². The number of halogens is 1. The first-order valence-corrected chi connectivity index (χ1v) is 9.23. The molecule has 0 aliphatic carbocycles. The number of sulfonamides is 1. The summed E-state index contributed by atoms with van der Waals surface area (Å²) in [6.45, 7) is 5.76. The molecule has 0 aromatic heterocycles. The van der Waals surface area contributed by atoms with Gasteiger partial charge in [0.15, 0.2) is 0 Å². The van der Waals surface area contributed by atoms with Crippen molar-refractivity contribution in [2.75, 3.05) is 39.3 Å². The van der Waals surface area contributed by atoms with E-state index in [-0.39, 0.29) is 5.75 Å². The second-order valence-corrected chi connectivity index (χ2v) is 7.97. The molecule has 4 rings (SSSR count). The molecule has 1 atom stereocenters. The molecule has 1 aromatic rings. The van der Waals surface area contributed by atoms with Gasteiger partial charge in [-0.05, 0) is 17.7 Å². The maximum atomic E-state index is 12.2. The van der Waals surface area contributed by atoms with Crippen LogP contribution in [0.1, 0.15) is 5.56 Å². The fourth-order valence-corrected chi connectivity index (χ4v) is 4.30. The number of nitrogens with zero attached hydrogens (tertiary/aromatic N) is 2. The van der Waals surface area contributed by atoms with Crippen molar-refractivity contribution in [1.82, 2.24) is 14.5 Å².